The molecule has 0 spiro atoms. The first-order valence-corrected chi connectivity index (χ1v) is 8.34. The summed E-state index contributed by atoms with van der Waals surface area (Å²) >= 11 is 0. The molecule has 2 rings (SSSR count). The van der Waals surface area contributed by atoms with Crippen molar-refractivity contribution in [2.45, 2.75) is 46.2 Å². The van der Waals surface area contributed by atoms with Crippen LogP contribution in [0.1, 0.15) is 43.0 Å². The summed E-state index contributed by atoms with van der Waals surface area (Å²) in [4.78, 5) is 5.11. The van der Waals surface area contributed by atoms with Gasteiger partial charge in [-0.1, -0.05) is 37.6 Å². The molecule has 1 saturated heterocycles. The van der Waals surface area contributed by atoms with Crippen molar-refractivity contribution in [2.75, 3.05) is 32.7 Å². The van der Waals surface area contributed by atoms with Crippen molar-refractivity contribution in [3.63, 3.8) is 0 Å². The quantitative estimate of drug-likeness (QED) is 0.874. The number of likely N-dealkylation sites (N-methyl/N-ethyl adjacent to an activating group) is 1. The number of nitrogens with zero attached hydrogens (tertiary/aromatic N) is 2. The van der Waals surface area contributed by atoms with E-state index in [2.05, 4.69) is 55.7 Å². The average Bonchev–Trinajstić information content (AvgIpc) is 2.88. The summed E-state index contributed by atoms with van der Waals surface area (Å²) in [5.74, 6) is 0. The predicted octanol–water partition coefficient (Wildman–Crippen LogP) is 2.72. The van der Waals surface area contributed by atoms with Crippen molar-refractivity contribution in [3.05, 3.63) is 34.9 Å². The second-order valence-corrected chi connectivity index (χ2v) is 6.39. The van der Waals surface area contributed by atoms with E-state index < -0.39 is 0 Å². The molecular formula is C18H31N3. The van der Waals surface area contributed by atoms with E-state index in [1.807, 2.05) is 0 Å². The molecule has 0 aromatic heterocycles. The van der Waals surface area contributed by atoms with Gasteiger partial charge in [-0.25, -0.2) is 0 Å². The number of hydrogen-bond acceptors (Lipinski definition) is 3. The molecule has 0 bridgehead atoms. The zero-order valence-electron chi connectivity index (χ0n) is 14.1. The molecule has 0 aliphatic carbocycles. The first kappa shape index (κ1) is 16.5. The van der Waals surface area contributed by atoms with Crippen molar-refractivity contribution >= 4 is 0 Å². The van der Waals surface area contributed by atoms with Crippen LogP contribution in [-0.2, 0) is 0 Å². The summed E-state index contributed by atoms with van der Waals surface area (Å²) in [7, 11) is 0. The molecule has 0 saturated carbocycles. The molecule has 2 N–H and O–H groups in total. The van der Waals surface area contributed by atoms with Gasteiger partial charge in [0.15, 0.2) is 0 Å². The zero-order valence-corrected chi connectivity index (χ0v) is 14.1. The fraction of sp³-hybridized carbons (Fsp3) is 0.667. The van der Waals surface area contributed by atoms with Crippen molar-refractivity contribution in [1.82, 2.24) is 9.80 Å². The number of nitrogens with two attached hydrogens (primary N) is 1. The highest BCUT2D eigenvalue weighted by molar-refractivity contribution is 5.32. The fourth-order valence-corrected chi connectivity index (χ4v) is 3.63. The predicted molar refractivity (Wildman–Crippen MR) is 90.6 cm³/mol. The molecule has 2 atom stereocenters. The third kappa shape index (κ3) is 4.06. The minimum Gasteiger partial charge on any atom is -0.323 e. The van der Waals surface area contributed by atoms with Crippen LogP contribution in [0.2, 0.25) is 0 Å². The topological polar surface area (TPSA) is 32.5 Å². The summed E-state index contributed by atoms with van der Waals surface area (Å²) < 4.78 is 0. The summed E-state index contributed by atoms with van der Waals surface area (Å²) in [5, 5.41) is 0. The number of likely N-dealkylation sites (tertiary alicyclic amines) is 1. The van der Waals surface area contributed by atoms with Gasteiger partial charge >= 0.3 is 0 Å². The Morgan fingerprint density at radius 3 is 2.62 bits per heavy atom. The molecule has 1 aromatic rings. The Balaban J connectivity index is 1.93. The number of hydrogen-bond donors (Lipinski definition) is 1. The van der Waals surface area contributed by atoms with Crippen LogP contribution in [-0.4, -0.2) is 48.6 Å². The lowest BCUT2D eigenvalue weighted by atomic mass is 9.99. The van der Waals surface area contributed by atoms with Gasteiger partial charge in [0.1, 0.15) is 0 Å². The van der Waals surface area contributed by atoms with Gasteiger partial charge in [0.2, 0.25) is 0 Å². The first-order valence-electron chi connectivity index (χ1n) is 8.34. The van der Waals surface area contributed by atoms with Crippen LogP contribution in [0.25, 0.3) is 0 Å². The van der Waals surface area contributed by atoms with Gasteiger partial charge in [-0.05, 0) is 51.0 Å². The van der Waals surface area contributed by atoms with E-state index in [1.54, 1.807) is 0 Å². The smallest absolute Gasteiger partial charge is 0.0426 e. The average molecular weight is 289 g/mol. The Morgan fingerprint density at radius 2 is 2.00 bits per heavy atom. The van der Waals surface area contributed by atoms with Gasteiger partial charge in [0.25, 0.3) is 0 Å². The van der Waals surface area contributed by atoms with E-state index in [4.69, 9.17) is 5.73 Å². The summed E-state index contributed by atoms with van der Waals surface area (Å²) in [6.45, 7) is 14.4. The van der Waals surface area contributed by atoms with Gasteiger partial charge in [0.05, 0.1) is 0 Å². The van der Waals surface area contributed by atoms with Crippen molar-refractivity contribution in [2.24, 2.45) is 5.73 Å². The van der Waals surface area contributed by atoms with E-state index in [1.165, 1.54) is 36.2 Å². The van der Waals surface area contributed by atoms with Crippen LogP contribution in [0, 0.1) is 13.8 Å². The molecule has 0 amide bonds. The highest BCUT2D eigenvalue weighted by atomic mass is 15.3. The molecule has 0 radical (unpaired) electrons. The molecule has 3 nitrogen and oxygen atoms in total. The Bertz CT molecular complexity index is 454. The maximum atomic E-state index is 6.46. The molecule has 1 aromatic carbocycles. The molecule has 1 heterocycles. The largest absolute Gasteiger partial charge is 0.323 e. The monoisotopic (exact) mass is 289 g/mol. The molecule has 1 aliphatic heterocycles. The van der Waals surface area contributed by atoms with E-state index in [9.17, 15) is 0 Å². The second-order valence-electron chi connectivity index (χ2n) is 6.39. The van der Waals surface area contributed by atoms with Gasteiger partial charge in [-0.3, -0.25) is 9.80 Å². The number of aryl methyl sites for hydroxylation is 2. The van der Waals surface area contributed by atoms with Crippen LogP contribution in [0.15, 0.2) is 18.2 Å². The van der Waals surface area contributed by atoms with E-state index in [0.29, 0.717) is 6.04 Å². The van der Waals surface area contributed by atoms with Gasteiger partial charge < -0.3 is 5.73 Å². The standard InChI is InChI=1S/C18H31N3/c1-5-21(6-2)16-9-10-20(12-16)13-18(19)17-8-7-14(3)11-15(17)4/h7-8,11,16,18H,5-6,9-10,12-13,19H2,1-4H3. The minimum absolute atomic E-state index is 0.126. The van der Waals surface area contributed by atoms with Crippen molar-refractivity contribution in [3.8, 4) is 0 Å². The fourth-order valence-electron chi connectivity index (χ4n) is 3.63. The lowest BCUT2D eigenvalue weighted by Crippen LogP contribution is -2.38. The normalized spacial score (nSPS) is 21.1. The van der Waals surface area contributed by atoms with Crippen LogP contribution >= 0.6 is 0 Å². The summed E-state index contributed by atoms with van der Waals surface area (Å²) in [6, 6.07) is 7.45. The Hall–Kier alpha value is -0.900. The molecule has 118 valence electrons. The highest BCUT2D eigenvalue weighted by Gasteiger charge is 2.27. The maximum Gasteiger partial charge on any atom is 0.0426 e. The van der Waals surface area contributed by atoms with Crippen LogP contribution in [0.4, 0.5) is 0 Å². The molecule has 1 fully saturated rings. The van der Waals surface area contributed by atoms with E-state index in [-0.39, 0.29) is 6.04 Å². The lowest BCUT2D eigenvalue weighted by molar-refractivity contribution is 0.208. The SMILES string of the molecule is CCN(CC)C1CCN(CC(N)c2ccc(C)cc2C)C1. The van der Waals surface area contributed by atoms with Crippen LogP contribution < -0.4 is 5.73 Å². The van der Waals surface area contributed by atoms with Crippen LogP contribution in [0.3, 0.4) is 0 Å². The Labute approximate surface area is 130 Å². The van der Waals surface area contributed by atoms with Gasteiger partial charge in [-0.15, -0.1) is 0 Å². The number of rotatable bonds is 6. The minimum atomic E-state index is 0.126. The third-order valence-electron chi connectivity index (χ3n) is 4.86. The Morgan fingerprint density at radius 1 is 1.29 bits per heavy atom. The molecule has 2 unspecified atom stereocenters. The molecule has 21 heavy (non-hydrogen) atoms. The van der Waals surface area contributed by atoms with E-state index in [0.717, 1.165) is 19.6 Å². The Kier molecular flexibility index (Phi) is 5.80. The summed E-state index contributed by atoms with van der Waals surface area (Å²) in [6.07, 6.45) is 1.28. The first-order chi connectivity index (χ1) is 10.0. The third-order valence-corrected chi connectivity index (χ3v) is 4.86. The molecular weight excluding hydrogens is 258 g/mol. The lowest BCUT2D eigenvalue weighted by Gasteiger charge is -2.27. The second kappa shape index (κ2) is 7.39. The van der Waals surface area contributed by atoms with Gasteiger partial charge in [0, 0.05) is 25.2 Å². The maximum absolute atomic E-state index is 6.46. The molecule has 3 heteroatoms. The number of benzene rings is 1. The van der Waals surface area contributed by atoms with E-state index >= 15 is 0 Å². The molecule has 1 aliphatic rings. The van der Waals surface area contributed by atoms with Crippen LogP contribution in [0.5, 0.6) is 0 Å². The zero-order chi connectivity index (χ0) is 15.4. The van der Waals surface area contributed by atoms with Crippen molar-refractivity contribution in [1.29, 1.82) is 0 Å². The summed E-state index contributed by atoms with van der Waals surface area (Å²) in [5.41, 5.74) is 10.4. The van der Waals surface area contributed by atoms with Gasteiger partial charge in [-0.2, -0.15) is 0 Å². The highest BCUT2D eigenvalue weighted by Crippen LogP contribution is 2.21. The van der Waals surface area contributed by atoms with Crippen molar-refractivity contribution < 1.29 is 0 Å².